The third kappa shape index (κ3) is 4.07. The molecule has 158 valence electrons. The zero-order chi connectivity index (χ0) is 21.1. The van der Waals surface area contributed by atoms with Crippen LogP contribution in [0.4, 0.5) is 5.69 Å². The summed E-state index contributed by atoms with van der Waals surface area (Å²) in [4.78, 5) is 25.6. The lowest BCUT2D eigenvalue weighted by atomic mass is 10.0. The van der Waals surface area contributed by atoms with Gasteiger partial charge in [-0.25, -0.2) is 0 Å². The molecule has 2 aromatic rings. The van der Waals surface area contributed by atoms with E-state index in [2.05, 4.69) is 0 Å². The monoisotopic (exact) mass is 414 g/mol. The third-order valence-corrected chi connectivity index (χ3v) is 5.32. The average Bonchev–Trinajstić information content (AvgIpc) is 3.22. The number of carbonyl (C=O) groups excluding carboxylic acids is 1. The zero-order valence-electron chi connectivity index (χ0n) is 16.5. The van der Waals surface area contributed by atoms with Crippen molar-refractivity contribution in [3.63, 3.8) is 0 Å². The lowest BCUT2D eigenvalue weighted by Gasteiger charge is -2.37. The van der Waals surface area contributed by atoms with E-state index in [9.17, 15) is 14.9 Å². The van der Waals surface area contributed by atoms with Crippen molar-refractivity contribution in [1.82, 2.24) is 4.90 Å². The Labute approximate surface area is 173 Å². The first-order chi connectivity index (χ1) is 14.5. The van der Waals surface area contributed by atoms with E-state index < -0.39 is 10.7 Å². The minimum absolute atomic E-state index is 0.143. The van der Waals surface area contributed by atoms with Gasteiger partial charge in [-0.05, 0) is 30.3 Å². The van der Waals surface area contributed by atoms with Crippen LogP contribution in [0.2, 0.25) is 0 Å². The van der Waals surface area contributed by atoms with Gasteiger partial charge in [-0.3, -0.25) is 14.9 Å². The number of nitrogens with zero attached hydrogens (tertiary/aromatic N) is 2. The van der Waals surface area contributed by atoms with Crippen LogP contribution in [-0.2, 0) is 9.47 Å². The normalized spacial score (nSPS) is 17.7. The van der Waals surface area contributed by atoms with Gasteiger partial charge in [-0.1, -0.05) is 0 Å². The van der Waals surface area contributed by atoms with Gasteiger partial charge in [-0.15, -0.1) is 0 Å². The van der Waals surface area contributed by atoms with Crippen LogP contribution in [-0.4, -0.2) is 54.9 Å². The van der Waals surface area contributed by atoms with Crippen LogP contribution < -0.4 is 9.47 Å². The van der Waals surface area contributed by atoms with Gasteiger partial charge in [0.1, 0.15) is 17.2 Å². The largest absolute Gasteiger partial charge is 0.497 e. The van der Waals surface area contributed by atoms with Gasteiger partial charge in [0.2, 0.25) is 0 Å². The number of non-ortho nitro benzene ring substituents is 1. The number of nitro benzene ring substituents is 1. The van der Waals surface area contributed by atoms with Crippen molar-refractivity contribution in [2.24, 2.45) is 0 Å². The fourth-order valence-electron chi connectivity index (χ4n) is 3.66. The quantitative estimate of drug-likeness (QED) is 0.546. The molecule has 1 amide bonds. The first kappa shape index (κ1) is 20.1. The maximum atomic E-state index is 13.2. The van der Waals surface area contributed by atoms with Crippen LogP contribution in [0.25, 0.3) is 0 Å². The molecule has 2 heterocycles. The Morgan fingerprint density at radius 3 is 2.30 bits per heavy atom. The SMILES string of the molecule is COc1ccc(Oc2ccc([N+](=O)[O-])cc2C(=O)N2CCC3(CC2)OCCO3)cc1. The Kier molecular flexibility index (Phi) is 5.56. The molecule has 0 unspecified atom stereocenters. The molecule has 0 N–H and O–H groups in total. The van der Waals surface area contributed by atoms with Crippen LogP contribution in [0.3, 0.4) is 0 Å². The number of nitro groups is 1. The van der Waals surface area contributed by atoms with E-state index in [1.54, 1.807) is 36.3 Å². The molecule has 2 saturated heterocycles. The predicted molar refractivity (Wildman–Crippen MR) is 106 cm³/mol. The lowest BCUT2D eigenvalue weighted by Crippen LogP contribution is -2.47. The Hall–Kier alpha value is -3.17. The Bertz CT molecular complexity index is 929. The van der Waals surface area contributed by atoms with Gasteiger partial charge in [0.15, 0.2) is 5.79 Å². The molecule has 9 nitrogen and oxygen atoms in total. The summed E-state index contributed by atoms with van der Waals surface area (Å²) < 4.78 is 22.4. The van der Waals surface area contributed by atoms with Gasteiger partial charge in [-0.2, -0.15) is 0 Å². The summed E-state index contributed by atoms with van der Waals surface area (Å²) in [5.74, 6) is 0.478. The van der Waals surface area contributed by atoms with Crippen molar-refractivity contribution < 1.29 is 28.7 Å². The fourth-order valence-corrected chi connectivity index (χ4v) is 3.66. The maximum Gasteiger partial charge on any atom is 0.270 e. The van der Waals surface area contributed by atoms with Crippen molar-refractivity contribution in [3.05, 3.63) is 58.1 Å². The summed E-state index contributed by atoms with van der Waals surface area (Å²) in [6.45, 7) is 1.98. The van der Waals surface area contributed by atoms with E-state index in [4.69, 9.17) is 18.9 Å². The summed E-state index contributed by atoms with van der Waals surface area (Å²) >= 11 is 0. The van der Waals surface area contributed by atoms with E-state index in [1.165, 1.54) is 18.2 Å². The maximum absolute atomic E-state index is 13.2. The highest BCUT2D eigenvalue weighted by molar-refractivity contribution is 5.97. The smallest absolute Gasteiger partial charge is 0.270 e. The molecule has 0 radical (unpaired) electrons. The second kappa shape index (κ2) is 8.29. The summed E-state index contributed by atoms with van der Waals surface area (Å²) in [6, 6.07) is 10.9. The van der Waals surface area contributed by atoms with Crippen molar-refractivity contribution in [1.29, 1.82) is 0 Å². The number of hydrogen-bond acceptors (Lipinski definition) is 7. The number of benzene rings is 2. The van der Waals surface area contributed by atoms with E-state index in [-0.39, 0.29) is 22.9 Å². The van der Waals surface area contributed by atoms with Crippen molar-refractivity contribution in [2.75, 3.05) is 33.4 Å². The number of rotatable bonds is 5. The molecule has 2 aromatic carbocycles. The van der Waals surface area contributed by atoms with Crippen molar-refractivity contribution >= 4 is 11.6 Å². The third-order valence-electron chi connectivity index (χ3n) is 5.32. The summed E-state index contributed by atoms with van der Waals surface area (Å²) in [7, 11) is 1.56. The molecule has 0 aliphatic carbocycles. The molecule has 1 spiro atoms. The number of ether oxygens (including phenoxy) is 4. The first-order valence-corrected chi connectivity index (χ1v) is 9.67. The Morgan fingerprint density at radius 2 is 1.70 bits per heavy atom. The topological polar surface area (TPSA) is 100 Å². The molecular weight excluding hydrogens is 392 g/mol. The number of carbonyl (C=O) groups is 1. The van der Waals surface area contributed by atoms with Crippen LogP contribution in [0.5, 0.6) is 17.2 Å². The van der Waals surface area contributed by atoms with Gasteiger partial charge in [0.05, 0.1) is 30.8 Å². The van der Waals surface area contributed by atoms with E-state index >= 15 is 0 Å². The lowest BCUT2D eigenvalue weighted by molar-refractivity contribution is -0.384. The molecule has 30 heavy (non-hydrogen) atoms. The number of piperidine rings is 1. The summed E-state index contributed by atoms with van der Waals surface area (Å²) in [5, 5.41) is 11.3. The van der Waals surface area contributed by atoms with E-state index in [1.807, 2.05) is 0 Å². The molecule has 0 saturated carbocycles. The molecule has 0 aromatic heterocycles. The van der Waals surface area contributed by atoms with Crippen LogP contribution in [0.1, 0.15) is 23.2 Å². The highest BCUT2D eigenvalue weighted by Gasteiger charge is 2.41. The molecule has 0 bridgehead atoms. The Morgan fingerprint density at radius 1 is 1.07 bits per heavy atom. The minimum Gasteiger partial charge on any atom is -0.497 e. The summed E-state index contributed by atoms with van der Waals surface area (Å²) in [5.41, 5.74) is -0.0272. The number of hydrogen-bond donors (Lipinski definition) is 0. The van der Waals surface area contributed by atoms with Crippen LogP contribution >= 0.6 is 0 Å². The number of methoxy groups -OCH3 is 1. The van der Waals surface area contributed by atoms with Crippen LogP contribution in [0.15, 0.2) is 42.5 Å². The van der Waals surface area contributed by atoms with E-state index in [0.29, 0.717) is 50.6 Å². The first-order valence-electron chi connectivity index (χ1n) is 9.67. The molecule has 0 atom stereocenters. The van der Waals surface area contributed by atoms with Gasteiger partial charge in [0.25, 0.3) is 11.6 Å². The average molecular weight is 414 g/mol. The molecule has 2 fully saturated rings. The highest BCUT2D eigenvalue weighted by Crippen LogP contribution is 2.34. The van der Waals surface area contributed by atoms with Crippen LogP contribution in [0, 0.1) is 10.1 Å². The molecular formula is C21H22N2O7. The van der Waals surface area contributed by atoms with Gasteiger partial charge < -0.3 is 23.8 Å². The highest BCUT2D eigenvalue weighted by atomic mass is 16.7. The summed E-state index contributed by atoms with van der Waals surface area (Å²) in [6.07, 6.45) is 1.12. The minimum atomic E-state index is -0.609. The second-order valence-corrected chi connectivity index (χ2v) is 7.11. The Balaban J connectivity index is 1.57. The van der Waals surface area contributed by atoms with Crippen molar-refractivity contribution in [3.8, 4) is 17.2 Å². The zero-order valence-corrected chi connectivity index (χ0v) is 16.5. The fraction of sp³-hybridized carbons (Fsp3) is 0.381. The number of likely N-dealkylation sites (tertiary alicyclic amines) is 1. The van der Waals surface area contributed by atoms with E-state index in [0.717, 1.165) is 0 Å². The van der Waals surface area contributed by atoms with Gasteiger partial charge >= 0.3 is 0 Å². The standard InChI is InChI=1S/C21H22N2O7/c1-27-16-3-5-17(6-4-16)30-19-7-2-15(23(25)26)14-18(19)20(24)22-10-8-21(9-11-22)28-12-13-29-21/h2-7,14H,8-13H2,1H3. The predicted octanol–water partition coefficient (Wildman–Crippen LogP) is 3.37. The number of amides is 1. The van der Waals surface area contributed by atoms with Gasteiger partial charge in [0, 0.05) is 38.1 Å². The molecule has 2 aliphatic rings. The second-order valence-electron chi connectivity index (χ2n) is 7.11. The molecule has 9 heteroatoms. The van der Waals surface area contributed by atoms with Crippen molar-refractivity contribution in [2.45, 2.75) is 18.6 Å². The molecule has 4 rings (SSSR count). The molecule has 2 aliphatic heterocycles.